The monoisotopic (exact) mass is 251 g/mol. The lowest BCUT2D eigenvalue weighted by molar-refractivity contribution is 0.102. The van der Waals surface area contributed by atoms with E-state index in [9.17, 15) is 4.79 Å². The van der Waals surface area contributed by atoms with E-state index in [4.69, 9.17) is 5.26 Å². The molecule has 4 heteroatoms. The summed E-state index contributed by atoms with van der Waals surface area (Å²) in [7, 11) is 0. The number of nitrogens with zero attached hydrogens (tertiary/aromatic N) is 2. The third-order valence-electron chi connectivity index (χ3n) is 2.74. The summed E-state index contributed by atoms with van der Waals surface area (Å²) >= 11 is 0. The van der Waals surface area contributed by atoms with Gasteiger partial charge in [0.1, 0.15) is 17.5 Å². The van der Waals surface area contributed by atoms with Crippen LogP contribution in [0.15, 0.2) is 42.5 Å². The van der Waals surface area contributed by atoms with Crippen LogP contribution in [-0.4, -0.2) is 10.9 Å². The summed E-state index contributed by atoms with van der Waals surface area (Å²) in [6.45, 7) is 2.03. The lowest BCUT2D eigenvalue weighted by Gasteiger charge is -2.09. The number of hydrogen-bond acceptors (Lipinski definition) is 3. The predicted octanol–water partition coefficient (Wildman–Crippen LogP) is 2.77. The minimum atomic E-state index is -0.307. The number of aromatic nitrogens is 1. The summed E-state index contributed by atoms with van der Waals surface area (Å²) in [5.41, 5.74) is 2.31. The van der Waals surface area contributed by atoms with E-state index in [0.717, 1.165) is 17.7 Å². The van der Waals surface area contributed by atoms with Crippen molar-refractivity contribution in [3.05, 3.63) is 59.4 Å². The molecule has 0 aliphatic heterocycles. The fraction of sp³-hybridized carbons (Fsp3) is 0.133. The van der Waals surface area contributed by atoms with Crippen molar-refractivity contribution in [2.24, 2.45) is 0 Å². The van der Waals surface area contributed by atoms with Gasteiger partial charge in [-0.05, 0) is 30.2 Å². The van der Waals surface area contributed by atoms with Gasteiger partial charge in [-0.15, -0.1) is 0 Å². The molecule has 0 aliphatic rings. The molecule has 0 unspecified atom stereocenters. The number of rotatable bonds is 3. The number of para-hydroxylation sites is 1. The number of benzene rings is 1. The first-order valence-electron chi connectivity index (χ1n) is 6.01. The minimum absolute atomic E-state index is 0.233. The third kappa shape index (κ3) is 2.96. The van der Waals surface area contributed by atoms with Crippen LogP contribution in [0.2, 0.25) is 0 Å². The van der Waals surface area contributed by atoms with Crippen LogP contribution in [0.25, 0.3) is 0 Å². The molecule has 1 aromatic heterocycles. The summed E-state index contributed by atoms with van der Waals surface area (Å²) < 4.78 is 0. The number of amides is 1. The lowest BCUT2D eigenvalue weighted by atomic mass is 10.1. The Balaban J connectivity index is 2.23. The van der Waals surface area contributed by atoms with E-state index in [1.807, 2.05) is 37.3 Å². The van der Waals surface area contributed by atoms with Crippen LogP contribution in [0.1, 0.15) is 28.7 Å². The fourth-order valence-corrected chi connectivity index (χ4v) is 1.76. The Morgan fingerprint density at radius 1 is 1.26 bits per heavy atom. The number of pyridine rings is 1. The van der Waals surface area contributed by atoms with Crippen LogP contribution in [-0.2, 0) is 6.42 Å². The van der Waals surface area contributed by atoms with Crippen molar-refractivity contribution in [1.82, 2.24) is 4.98 Å². The Hall–Kier alpha value is -2.67. The Bertz CT molecular complexity index is 644. The minimum Gasteiger partial charge on any atom is -0.320 e. The maximum absolute atomic E-state index is 12.1. The SMILES string of the molecule is CCc1ccccc1NC(=O)c1cccc(C#N)n1. The highest BCUT2D eigenvalue weighted by Gasteiger charge is 2.10. The first-order valence-corrected chi connectivity index (χ1v) is 6.01. The number of anilines is 1. The van der Waals surface area contributed by atoms with Gasteiger partial charge < -0.3 is 5.32 Å². The molecule has 1 N–H and O–H groups in total. The van der Waals surface area contributed by atoms with Crippen molar-refractivity contribution < 1.29 is 4.79 Å². The molecule has 2 aromatic rings. The van der Waals surface area contributed by atoms with Gasteiger partial charge in [0, 0.05) is 5.69 Å². The van der Waals surface area contributed by atoms with Crippen LogP contribution in [0.4, 0.5) is 5.69 Å². The molecule has 0 bridgehead atoms. The van der Waals surface area contributed by atoms with Crippen molar-refractivity contribution in [2.75, 3.05) is 5.32 Å². The van der Waals surface area contributed by atoms with E-state index in [0.29, 0.717) is 0 Å². The molecule has 1 heterocycles. The molecule has 0 spiro atoms. The van der Waals surface area contributed by atoms with Gasteiger partial charge in [-0.25, -0.2) is 4.98 Å². The summed E-state index contributed by atoms with van der Waals surface area (Å²) in [6, 6.07) is 14.3. The first kappa shape index (κ1) is 12.8. The Labute approximate surface area is 111 Å². The summed E-state index contributed by atoms with van der Waals surface area (Å²) in [4.78, 5) is 16.0. The number of carbonyl (C=O) groups is 1. The largest absolute Gasteiger partial charge is 0.320 e. The molecule has 0 atom stereocenters. The standard InChI is InChI=1S/C15H13N3O/c1-2-11-6-3-4-8-13(11)18-15(19)14-9-5-7-12(10-16)17-14/h3-9H,2H2,1H3,(H,18,19). The number of hydrogen-bond donors (Lipinski definition) is 1. The smallest absolute Gasteiger partial charge is 0.274 e. The molecule has 1 amide bonds. The molecule has 0 saturated carbocycles. The van der Waals surface area contributed by atoms with E-state index in [-0.39, 0.29) is 17.3 Å². The highest BCUT2D eigenvalue weighted by atomic mass is 16.1. The van der Waals surface area contributed by atoms with Gasteiger partial charge in [0.25, 0.3) is 5.91 Å². The molecule has 2 rings (SSSR count). The van der Waals surface area contributed by atoms with Crippen molar-refractivity contribution in [3.63, 3.8) is 0 Å². The highest BCUT2D eigenvalue weighted by Crippen LogP contribution is 2.16. The molecule has 1 aromatic carbocycles. The molecular weight excluding hydrogens is 238 g/mol. The average molecular weight is 251 g/mol. The number of carbonyl (C=O) groups excluding carboxylic acids is 1. The van der Waals surface area contributed by atoms with Gasteiger partial charge in [-0.3, -0.25) is 4.79 Å². The van der Waals surface area contributed by atoms with Crippen molar-refractivity contribution in [1.29, 1.82) is 5.26 Å². The van der Waals surface area contributed by atoms with Crippen LogP contribution in [0, 0.1) is 11.3 Å². The van der Waals surface area contributed by atoms with E-state index in [1.54, 1.807) is 18.2 Å². The van der Waals surface area contributed by atoms with E-state index in [1.165, 1.54) is 0 Å². The van der Waals surface area contributed by atoms with Crippen molar-refractivity contribution in [3.8, 4) is 6.07 Å². The molecule has 0 radical (unpaired) electrons. The summed E-state index contributed by atoms with van der Waals surface area (Å²) in [5, 5.41) is 11.6. The second-order valence-electron chi connectivity index (χ2n) is 3.98. The van der Waals surface area contributed by atoms with Gasteiger partial charge >= 0.3 is 0 Å². The van der Waals surface area contributed by atoms with E-state index >= 15 is 0 Å². The molecule has 0 saturated heterocycles. The normalized spacial score (nSPS) is 9.68. The number of nitriles is 1. The molecule has 0 fully saturated rings. The second-order valence-corrected chi connectivity index (χ2v) is 3.98. The van der Waals surface area contributed by atoms with Gasteiger partial charge in [-0.1, -0.05) is 31.2 Å². The molecule has 0 aliphatic carbocycles. The Kier molecular flexibility index (Phi) is 3.89. The van der Waals surface area contributed by atoms with Crippen LogP contribution in [0.5, 0.6) is 0 Å². The Morgan fingerprint density at radius 2 is 2.05 bits per heavy atom. The average Bonchev–Trinajstić information content (AvgIpc) is 2.47. The van der Waals surface area contributed by atoms with Crippen molar-refractivity contribution in [2.45, 2.75) is 13.3 Å². The molecule has 94 valence electrons. The maximum Gasteiger partial charge on any atom is 0.274 e. The van der Waals surface area contributed by atoms with Crippen LogP contribution < -0.4 is 5.32 Å². The van der Waals surface area contributed by atoms with Crippen LogP contribution in [0.3, 0.4) is 0 Å². The van der Waals surface area contributed by atoms with Crippen molar-refractivity contribution >= 4 is 11.6 Å². The quantitative estimate of drug-likeness (QED) is 0.912. The molecule has 4 nitrogen and oxygen atoms in total. The third-order valence-corrected chi connectivity index (χ3v) is 2.74. The van der Waals surface area contributed by atoms with E-state index in [2.05, 4.69) is 10.3 Å². The zero-order valence-corrected chi connectivity index (χ0v) is 10.6. The second kappa shape index (κ2) is 5.78. The first-order chi connectivity index (χ1) is 9.24. The maximum atomic E-state index is 12.1. The predicted molar refractivity (Wildman–Crippen MR) is 72.7 cm³/mol. The summed E-state index contributed by atoms with van der Waals surface area (Å²) in [6.07, 6.45) is 0.835. The molecular formula is C15H13N3O. The Morgan fingerprint density at radius 3 is 2.79 bits per heavy atom. The molecule has 19 heavy (non-hydrogen) atoms. The number of aryl methyl sites for hydroxylation is 1. The van der Waals surface area contributed by atoms with Gasteiger partial charge in [-0.2, -0.15) is 5.26 Å². The summed E-state index contributed by atoms with van der Waals surface area (Å²) in [5.74, 6) is -0.307. The highest BCUT2D eigenvalue weighted by molar-refractivity contribution is 6.03. The van der Waals surface area contributed by atoms with Gasteiger partial charge in [0.05, 0.1) is 0 Å². The lowest BCUT2D eigenvalue weighted by Crippen LogP contribution is -2.15. The number of nitrogens with one attached hydrogen (secondary N) is 1. The van der Waals surface area contributed by atoms with E-state index < -0.39 is 0 Å². The topological polar surface area (TPSA) is 65.8 Å². The van der Waals surface area contributed by atoms with Gasteiger partial charge in [0.2, 0.25) is 0 Å². The zero-order chi connectivity index (χ0) is 13.7. The van der Waals surface area contributed by atoms with Crippen LogP contribution >= 0.6 is 0 Å². The van der Waals surface area contributed by atoms with Gasteiger partial charge in [0.15, 0.2) is 0 Å². The fourth-order valence-electron chi connectivity index (χ4n) is 1.76. The zero-order valence-electron chi connectivity index (χ0n) is 10.6.